The van der Waals surface area contributed by atoms with Crippen molar-refractivity contribution in [3.8, 4) is 0 Å². The zero-order valence-corrected chi connectivity index (χ0v) is 10.9. The molecule has 2 aromatic rings. The van der Waals surface area contributed by atoms with E-state index in [1.54, 1.807) is 5.41 Å². The van der Waals surface area contributed by atoms with E-state index in [1.807, 2.05) is 61.5 Å². The van der Waals surface area contributed by atoms with Gasteiger partial charge in [0, 0.05) is 11.1 Å². The van der Waals surface area contributed by atoms with Gasteiger partial charge in [-0.05, 0) is 35.2 Å². The maximum atomic E-state index is 12.9. The molecule has 1 aliphatic rings. The number of hydrogen-bond donors (Lipinski definition) is 0. The largest absolute Gasteiger partial charge is 0.622 e. The van der Waals surface area contributed by atoms with Crippen LogP contribution in [0.4, 0.5) is 5.69 Å². The fourth-order valence-corrected chi connectivity index (χ4v) is 4.00. The Kier molecular flexibility index (Phi) is 2.65. The second-order valence-electron chi connectivity index (χ2n) is 4.29. The van der Waals surface area contributed by atoms with Crippen molar-refractivity contribution >= 4 is 21.4 Å². The average Bonchev–Trinajstić information content (AvgIpc) is 2.40. The monoisotopic (exact) mass is 255 g/mol. The second-order valence-corrected chi connectivity index (χ2v) is 6.32. The van der Waals surface area contributed by atoms with E-state index < -0.39 is 10.1 Å². The standard InChI is InChI=1S/C15H13NOS/c1-12-11-18(17,13-7-3-2-4-8-13)16-15-10-6-5-9-14(12)15/h2-11H,1H3. The molecule has 0 aliphatic carbocycles. The zero-order chi connectivity index (χ0) is 12.6. The minimum Gasteiger partial charge on any atom is -0.622 e. The highest BCUT2D eigenvalue weighted by molar-refractivity contribution is 8.03. The molecule has 0 amide bonds. The third-order valence-electron chi connectivity index (χ3n) is 2.98. The van der Waals surface area contributed by atoms with Gasteiger partial charge in [0.2, 0.25) is 0 Å². The van der Waals surface area contributed by atoms with Gasteiger partial charge in [0.15, 0.2) is 0 Å². The molecule has 90 valence electrons. The predicted octanol–water partition coefficient (Wildman–Crippen LogP) is 4.22. The maximum Gasteiger partial charge on any atom is 0.141 e. The number of benzene rings is 2. The summed E-state index contributed by atoms with van der Waals surface area (Å²) in [6.45, 7) is 1.98. The van der Waals surface area contributed by atoms with Crippen LogP contribution in [0.1, 0.15) is 12.5 Å². The predicted molar refractivity (Wildman–Crippen MR) is 75.0 cm³/mol. The van der Waals surface area contributed by atoms with E-state index in [-0.39, 0.29) is 0 Å². The third-order valence-corrected chi connectivity index (χ3v) is 5.07. The molecule has 18 heavy (non-hydrogen) atoms. The van der Waals surface area contributed by atoms with Crippen LogP contribution < -0.4 is 0 Å². The minimum atomic E-state index is -2.47. The first kappa shape index (κ1) is 11.4. The molecule has 3 heteroatoms. The van der Waals surface area contributed by atoms with E-state index in [0.717, 1.165) is 21.7 Å². The van der Waals surface area contributed by atoms with Gasteiger partial charge in [0.05, 0.1) is 0 Å². The van der Waals surface area contributed by atoms with Crippen molar-refractivity contribution in [2.24, 2.45) is 4.36 Å². The SMILES string of the molecule is CC1=C[S+]([O-])(c2ccccc2)=Nc2ccccc21. The fourth-order valence-electron chi connectivity index (χ4n) is 2.10. The van der Waals surface area contributed by atoms with Crippen molar-refractivity contribution in [2.45, 2.75) is 11.8 Å². The van der Waals surface area contributed by atoms with Gasteiger partial charge in [-0.15, -0.1) is 0 Å². The molecule has 0 saturated heterocycles. The summed E-state index contributed by atoms with van der Waals surface area (Å²) in [5, 5.41) is 1.78. The van der Waals surface area contributed by atoms with Gasteiger partial charge in [0.1, 0.15) is 16.0 Å². The lowest BCUT2D eigenvalue weighted by molar-refractivity contribution is 0.593. The van der Waals surface area contributed by atoms with E-state index in [4.69, 9.17) is 0 Å². The van der Waals surface area contributed by atoms with Crippen LogP contribution in [0.5, 0.6) is 0 Å². The van der Waals surface area contributed by atoms with Gasteiger partial charge in [-0.3, -0.25) is 0 Å². The number of allylic oxidation sites excluding steroid dienone is 1. The van der Waals surface area contributed by atoms with Gasteiger partial charge in [-0.2, -0.15) is 0 Å². The first-order chi connectivity index (χ1) is 8.69. The third kappa shape index (κ3) is 1.82. The Labute approximate surface area is 108 Å². The summed E-state index contributed by atoms with van der Waals surface area (Å²) < 4.78 is 17.4. The summed E-state index contributed by atoms with van der Waals surface area (Å²) >= 11 is 0. The maximum absolute atomic E-state index is 12.9. The lowest BCUT2D eigenvalue weighted by Gasteiger charge is -2.23. The summed E-state index contributed by atoms with van der Waals surface area (Å²) in [4.78, 5) is 0.763. The molecule has 1 unspecified atom stereocenters. The van der Waals surface area contributed by atoms with Crippen LogP contribution in [-0.2, 0) is 10.1 Å². The number of rotatable bonds is 1. The van der Waals surface area contributed by atoms with Crippen LogP contribution in [0.2, 0.25) is 0 Å². The normalized spacial score (nSPS) is 21.8. The van der Waals surface area contributed by atoms with Crippen molar-refractivity contribution in [3.63, 3.8) is 0 Å². The lowest BCUT2D eigenvalue weighted by atomic mass is 10.1. The molecule has 0 saturated carbocycles. The van der Waals surface area contributed by atoms with Crippen molar-refractivity contribution in [2.75, 3.05) is 0 Å². The molecular weight excluding hydrogens is 242 g/mol. The highest BCUT2D eigenvalue weighted by Crippen LogP contribution is 2.37. The van der Waals surface area contributed by atoms with E-state index in [2.05, 4.69) is 4.36 Å². The topological polar surface area (TPSA) is 35.4 Å². The molecule has 0 bridgehead atoms. The smallest absolute Gasteiger partial charge is 0.141 e. The Hall–Kier alpha value is -1.71. The molecule has 1 atom stereocenters. The summed E-state index contributed by atoms with van der Waals surface area (Å²) in [7, 11) is -2.47. The Bertz CT molecular complexity index is 674. The summed E-state index contributed by atoms with van der Waals surface area (Å²) in [5.41, 5.74) is 2.90. The van der Waals surface area contributed by atoms with Crippen molar-refractivity contribution in [1.29, 1.82) is 0 Å². The molecule has 0 radical (unpaired) electrons. The Morgan fingerprint density at radius 1 is 0.944 bits per heavy atom. The molecule has 1 heterocycles. The summed E-state index contributed by atoms with van der Waals surface area (Å²) in [6, 6.07) is 17.2. The molecule has 0 spiro atoms. The highest BCUT2D eigenvalue weighted by atomic mass is 32.3. The van der Waals surface area contributed by atoms with Crippen LogP contribution in [0.3, 0.4) is 0 Å². The first-order valence-electron chi connectivity index (χ1n) is 5.79. The van der Waals surface area contributed by atoms with Crippen LogP contribution in [-0.4, -0.2) is 4.55 Å². The minimum absolute atomic E-state index is 0.763. The van der Waals surface area contributed by atoms with E-state index >= 15 is 0 Å². The second kappa shape index (κ2) is 4.19. The van der Waals surface area contributed by atoms with E-state index in [9.17, 15) is 4.55 Å². The van der Waals surface area contributed by atoms with Crippen LogP contribution >= 0.6 is 0 Å². The van der Waals surface area contributed by atoms with Crippen molar-refractivity contribution < 1.29 is 4.55 Å². The molecule has 0 aromatic heterocycles. The molecule has 0 N–H and O–H groups in total. The quantitative estimate of drug-likeness (QED) is 0.703. The summed E-state index contributed by atoms with van der Waals surface area (Å²) in [6.07, 6.45) is 0. The van der Waals surface area contributed by atoms with Gasteiger partial charge in [-0.1, -0.05) is 40.8 Å². The van der Waals surface area contributed by atoms with Crippen molar-refractivity contribution in [3.05, 3.63) is 65.6 Å². The molecule has 3 rings (SSSR count). The van der Waals surface area contributed by atoms with Crippen LogP contribution in [0.15, 0.2) is 69.3 Å². The summed E-state index contributed by atoms with van der Waals surface area (Å²) in [5.74, 6) is 0. The van der Waals surface area contributed by atoms with Crippen molar-refractivity contribution in [1.82, 2.24) is 0 Å². The Morgan fingerprint density at radius 3 is 2.39 bits per heavy atom. The highest BCUT2D eigenvalue weighted by Gasteiger charge is 2.22. The van der Waals surface area contributed by atoms with E-state index in [0.29, 0.717) is 0 Å². The number of fused-ring (bicyclic) bond motifs is 1. The number of nitrogens with zero attached hydrogens (tertiary/aromatic N) is 1. The first-order valence-corrected chi connectivity index (χ1v) is 7.37. The Balaban J connectivity index is 2.25. The molecular formula is C15H13NOS. The van der Waals surface area contributed by atoms with Gasteiger partial charge in [-0.25, -0.2) is 0 Å². The fraction of sp³-hybridized carbons (Fsp3) is 0.0667. The molecule has 2 aromatic carbocycles. The molecule has 0 fully saturated rings. The zero-order valence-electron chi connectivity index (χ0n) is 10.0. The number of hydrogen-bond acceptors (Lipinski definition) is 2. The van der Waals surface area contributed by atoms with Gasteiger partial charge < -0.3 is 4.55 Å². The van der Waals surface area contributed by atoms with Gasteiger partial charge in [0.25, 0.3) is 0 Å². The van der Waals surface area contributed by atoms with Gasteiger partial charge >= 0.3 is 0 Å². The molecule has 2 nitrogen and oxygen atoms in total. The van der Waals surface area contributed by atoms with Crippen LogP contribution in [0.25, 0.3) is 5.57 Å². The average molecular weight is 255 g/mol. The Morgan fingerprint density at radius 2 is 1.61 bits per heavy atom. The van der Waals surface area contributed by atoms with E-state index in [1.165, 1.54) is 0 Å². The van der Waals surface area contributed by atoms with Crippen LogP contribution in [0, 0.1) is 0 Å². The lowest BCUT2D eigenvalue weighted by Crippen LogP contribution is -2.10. The molecule has 1 aliphatic heterocycles.